The number of hydrogen-bond donors (Lipinski definition) is 1. The minimum atomic E-state index is -3.69. The van der Waals surface area contributed by atoms with Crippen LogP contribution in [0.15, 0.2) is 115 Å². The molecule has 5 aromatic rings. The maximum Gasteiger partial charge on any atom is -0.0623 e. The van der Waals surface area contributed by atoms with Crippen LogP contribution in [0.5, 0.6) is 0 Å². The van der Waals surface area contributed by atoms with E-state index in [0.29, 0.717) is 18.6 Å². The standard InChI is InChI=1S/C14H14O2.C14H12O.C6H6.Cl5P.4ClH.Sn/c15-14(16)7-3-4-11-8-9-12-5-1-2-6-13(12)10-11;15-13-7-3-5-11-9-8-10-4-1-2-6-12(10)14(11)13;1-2-4-6-5-3-1;1-6(2,3,4)5;;;;;/h1-2,5-6,8-10H,3-4,7H2,(H,15,16);1-2,4,6,8-9H,3,5,7H2;1-6H;;4*1H;/q;;;;;;;;+4/p-4. The number of ketones is 1. The van der Waals surface area contributed by atoms with Crippen LogP contribution in [-0.2, 0) is 17.6 Å². The Morgan fingerprint density at radius 3 is 1.69 bits per heavy atom. The van der Waals surface area contributed by atoms with Gasteiger partial charge in [-0.1, -0.05) is 115 Å². The molecule has 258 valence electrons. The Kier molecular flexibility index (Phi) is 19.3. The van der Waals surface area contributed by atoms with E-state index in [9.17, 15) is 9.59 Å². The molecule has 0 spiro atoms. The first-order chi connectivity index (χ1) is 22.4. The molecule has 0 atom stereocenters. The van der Waals surface area contributed by atoms with Gasteiger partial charge < -0.3 is 5.11 Å². The Labute approximate surface area is 324 Å². The molecule has 5 aromatic carbocycles. The van der Waals surface area contributed by atoms with Crippen LogP contribution >= 0.6 is 95.3 Å². The van der Waals surface area contributed by atoms with Gasteiger partial charge in [-0.25, -0.2) is 0 Å². The molecule has 1 N–H and O–H groups in total. The molecule has 0 fully saturated rings. The second kappa shape index (κ2) is 21.2. The van der Waals surface area contributed by atoms with Gasteiger partial charge in [0.15, 0.2) is 5.78 Å². The van der Waals surface area contributed by atoms with Crippen LogP contribution in [-0.4, -0.2) is 30.7 Å². The summed E-state index contributed by atoms with van der Waals surface area (Å²) in [5.74, 6) is -0.408. The number of aliphatic carboxylic acids is 1. The number of hydrogen-bond acceptors (Lipinski definition) is 2. The Bertz CT molecular complexity index is 1710. The SMILES string of the molecule is ClP(Cl)(Cl)(Cl)Cl.O=C(O)CCCc1ccc2ccccc2c1.O=C1CCCc2ccc3ccccc3c21.[Cl][Sn]([Cl])([Cl])[Cl].c1ccccc1. The van der Waals surface area contributed by atoms with Crippen LogP contribution in [0.1, 0.15) is 47.2 Å². The van der Waals surface area contributed by atoms with Crippen molar-refractivity contribution in [2.45, 2.75) is 38.5 Å². The van der Waals surface area contributed by atoms with E-state index in [1.807, 2.05) is 60.7 Å². The maximum absolute atomic E-state index is 11.9. The number of rotatable bonds is 4. The molecule has 0 bridgehead atoms. The molecule has 0 amide bonds. The summed E-state index contributed by atoms with van der Waals surface area (Å²) in [5, 5.41) is 13.3. The fourth-order valence-corrected chi connectivity index (χ4v) is 4.64. The zero-order chi connectivity index (χ0) is 35.8. The summed E-state index contributed by atoms with van der Waals surface area (Å²) >= 11 is 21.6. The van der Waals surface area contributed by atoms with Crippen LogP contribution in [0.2, 0.25) is 0 Å². The molecule has 14 heteroatoms. The average Bonchev–Trinajstić information content (AvgIpc) is 3.00. The van der Waals surface area contributed by atoms with Gasteiger partial charge in [-0.05, 0) is 58.4 Å². The third-order valence-corrected chi connectivity index (χ3v) is 6.48. The molecule has 0 radical (unpaired) electrons. The largest absolute Gasteiger partial charge is 0.0623 e. The average molecular weight is 957 g/mol. The van der Waals surface area contributed by atoms with Crippen LogP contribution in [0.3, 0.4) is 0 Å². The number of carboxylic acid groups (broad SMARTS) is 1. The fourth-order valence-electron chi connectivity index (χ4n) is 4.64. The van der Waals surface area contributed by atoms with E-state index < -0.39 is 23.2 Å². The summed E-state index contributed by atoms with van der Waals surface area (Å²) in [7, 11) is 20.1. The second-order valence-corrected chi connectivity index (χ2v) is 52.3. The number of fused-ring (bicyclic) bond motifs is 4. The van der Waals surface area contributed by atoms with E-state index >= 15 is 0 Å². The van der Waals surface area contributed by atoms with Gasteiger partial charge in [0.05, 0.1) is 0 Å². The minimum absolute atomic E-state index is 0.243. The number of carbonyl (C=O) groups excluding carboxylic acids is 1. The van der Waals surface area contributed by atoms with Gasteiger partial charge in [0, 0.05) is 18.4 Å². The molecule has 0 saturated carbocycles. The van der Waals surface area contributed by atoms with Crippen LogP contribution in [0.4, 0.5) is 0 Å². The molecule has 0 unspecified atom stereocenters. The molecular weight excluding hydrogens is 925 g/mol. The zero-order valence-electron chi connectivity index (χ0n) is 25.3. The van der Waals surface area contributed by atoms with E-state index in [4.69, 9.17) is 97.0 Å². The van der Waals surface area contributed by atoms with Crippen molar-refractivity contribution in [3.8, 4) is 0 Å². The smallest absolute Gasteiger partial charge is 0.0623 e. The summed E-state index contributed by atoms with van der Waals surface area (Å²) in [6.45, 7) is 0. The van der Waals surface area contributed by atoms with Crippen molar-refractivity contribution in [2.24, 2.45) is 0 Å². The normalized spacial score (nSPS) is 12.9. The van der Waals surface area contributed by atoms with Crippen molar-refractivity contribution in [3.05, 3.63) is 132 Å². The van der Waals surface area contributed by atoms with Crippen molar-refractivity contribution in [2.75, 3.05) is 0 Å². The molecule has 6 rings (SSSR count). The first-order valence-electron chi connectivity index (χ1n) is 14.5. The Hall–Kier alpha value is -0.401. The van der Waals surface area contributed by atoms with Crippen molar-refractivity contribution in [1.82, 2.24) is 0 Å². The number of aryl methyl sites for hydroxylation is 2. The number of halogens is 9. The van der Waals surface area contributed by atoms with Gasteiger partial charge in [0.25, 0.3) is 0 Å². The minimum Gasteiger partial charge on any atom is -0.0623 e. The number of carboxylic acids is 1. The second-order valence-electron chi connectivity index (χ2n) is 10.2. The first kappa shape index (κ1) is 43.8. The van der Waals surface area contributed by atoms with Crippen molar-refractivity contribution in [3.63, 3.8) is 0 Å². The van der Waals surface area contributed by atoms with Crippen molar-refractivity contribution >= 4 is 142 Å². The Morgan fingerprint density at radius 2 is 1.15 bits per heavy atom. The number of carbonyl (C=O) groups is 2. The summed E-state index contributed by atoms with van der Waals surface area (Å²) in [4.78, 5) is 22.3. The Balaban J connectivity index is 0.000000229. The summed E-state index contributed by atoms with van der Waals surface area (Å²) in [5.41, 5.74) is 3.41. The topological polar surface area (TPSA) is 54.4 Å². The fraction of sp³-hybridized carbons (Fsp3) is 0.176. The molecule has 0 heterocycles. The number of Topliss-reactive ketones (excluding diaryl/α,β-unsaturated/α-hetero) is 1. The van der Waals surface area contributed by atoms with Gasteiger partial charge >= 0.3 is 115 Å². The third-order valence-electron chi connectivity index (χ3n) is 6.48. The molecule has 0 aromatic heterocycles. The summed E-state index contributed by atoms with van der Waals surface area (Å²) in [6, 6.07) is 38.9. The molecule has 1 aliphatic rings. The van der Waals surface area contributed by atoms with Crippen LogP contribution in [0.25, 0.3) is 21.5 Å². The van der Waals surface area contributed by atoms with Gasteiger partial charge in [-0.15, -0.1) is 0 Å². The van der Waals surface area contributed by atoms with Crippen LogP contribution in [0, 0.1) is 0 Å². The quantitative estimate of drug-likeness (QED) is 0.144. The third kappa shape index (κ3) is 21.1. The molecule has 0 aliphatic heterocycles. The van der Waals surface area contributed by atoms with E-state index in [-0.39, 0.29) is 6.42 Å². The van der Waals surface area contributed by atoms with Gasteiger partial charge in [0.2, 0.25) is 0 Å². The van der Waals surface area contributed by atoms with Gasteiger partial charge in [0.1, 0.15) is 0 Å². The molecular formula is C34H32Cl9O3PSn. The van der Waals surface area contributed by atoms with E-state index in [2.05, 4.69) is 54.6 Å². The predicted molar refractivity (Wildman–Crippen MR) is 218 cm³/mol. The predicted octanol–water partition coefficient (Wildman–Crippen LogP) is 15.0. The van der Waals surface area contributed by atoms with Crippen molar-refractivity contribution in [1.29, 1.82) is 0 Å². The van der Waals surface area contributed by atoms with Gasteiger partial charge in [-0.2, -0.15) is 0 Å². The first-order valence-corrected chi connectivity index (χ1v) is 35.7. The molecule has 1 aliphatic carbocycles. The zero-order valence-corrected chi connectivity index (χ0v) is 35.9. The van der Waals surface area contributed by atoms with E-state index in [1.54, 1.807) is 0 Å². The summed E-state index contributed by atoms with van der Waals surface area (Å²) in [6.07, 6.45) is 4.54. The molecule has 48 heavy (non-hydrogen) atoms. The van der Waals surface area contributed by atoms with Gasteiger partial charge in [-0.3, -0.25) is 9.59 Å². The van der Waals surface area contributed by atoms with E-state index in [0.717, 1.165) is 30.2 Å². The van der Waals surface area contributed by atoms with Crippen LogP contribution < -0.4 is 0 Å². The monoisotopic (exact) mass is 954 g/mol. The summed E-state index contributed by atoms with van der Waals surface area (Å²) < 4.78 is -3.69. The van der Waals surface area contributed by atoms with Crippen molar-refractivity contribution < 1.29 is 14.7 Å². The molecule has 0 saturated heterocycles. The molecule has 3 nitrogen and oxygen atoms in total. The number of benzene rings is 5. The maximum atomic E-state index is 11.9. The van der Waals surface area contributed by atoms with E-state index in [1.165, 1.54) is 27.3 Å². The Morgan fingerprint density at radius 1 is 0.667 bits per heavy atom.